The second kappa shape index (κ2) is 21.0. The van der Waals surface area contributed by atoms with Crippen LogP contribution in [0.2, 0.25) is 0 Å². The van der Waals surface area contributed by atoms with Crippen molar-refractivity contribution < 1.29 is 80.1 Å². The number of methoxy groups -OCH3 is 2. The SMILES string of the molecule is COCC[N+]1=C(/C=C/C=C/C=C2/N(CCCCCC(=O)Oc3c(F)c(F)cc(F)c3F)c3ccc(S(=O)(=O)O)cc3C2(C)CCOC)C(C)(CCCS(=O)(=O)O)c2cc(S(=O)(=O)O)ccc21. The number of halogens is 4. The van der Waals surface area contributed by atoms with Crippen molar-refractivity contribution in [2.45, 2.75) is 79.4 Å². The molecule has 15 nitrogen and oxygen atoms in total. The zero-order valence-corrected chi connectivity index (χ0v) is 38.9. The van der Waals surface area contributed by atoms with Gasteiger partial charge in [0, 0.05) is 74.4 Å². The minimum absolute atomic E-state index is 0.00178. The van der Waals surface area contributed by atoms with E-state index in [0.717, 1.165) is 0 Å². The largest absolute Gasteiger partial charge is 0.420 e. The molecule has 2 atom stereocenters. The van der Waals surface area contributed by atoms with Crippen LogP contribution >= 0.6 is 0 Å². The molecule has 5 rings (SSSR count). The van der Waals surface area contributed by atoms with Crippen LogP contribution in [0, 0.1) is 23.3 Å². The van der Waals surface area contributed by atoms with E-state index < -0.39 is 81.9 Å². The van der Waals surface area contributed by atoms with Gasteiger partial charge in [0.2, 0.25) is 23.1 Å². The maximum absolute atomic E-state index is 14.1. The summed E-state index contributed by atoms with van der Waals surface area (Å²) in [4.78, 5) is 13.7. The van der Waals surface area contributed by atoms with Crippen LogP contribution in [0.15, 0.2) is 88.3 Å². The molecule has 3 aromatic rings. The fourth-order valence-electron chi connectivity index (χ4n) is 8.37. The van der Waals surface area contributed by atoms with Gasteiger partial charge >= 0.3 is 5.97 Å². The van der Waals surface area contributed by atoms with Gasteiger partial charge < -0.3 is 19.1 Å². The molecular formula is C44H51F4N2O13S3+. The molecule has 2 heterocycles. The van der Waals surface area contributed by atoms with Crippen LogP contribution in [-0.2, 0) is 55.5 Å². The number of allylic oxidation sites excluding steroid dienone is 6. The topological polar surface area (TPSA) is 214 Å². The van der Waals surface area contributed by atoms with Crippen molar-refractivity contribution in [1.29, 1.82) is 0 Å². The van der Waals surface area contributed by atoms with Crippen LogP contribution in [-0.4, -0.2) is 101 Å². The number of fused-ring (bicyclic) bond motifs is 2. The summed E-state index contributed by atoms with van der Waals surface area (Å²) in [6.07, 6.45) is 9.83. The van der Waals surface area contributed by atoms with E-state index in [4.69, 9.17) is 9.47 Å². The van der Waals surface area contributed by atoms with E-state index in [0.29, 0.717) is 66.3 Å². The molecule has 2 unspecified atom stereocenters. The molecule has 3 N–H and O–H groups in total. The van der Waals surface area contributed by atoms with E-state index in [1.165, 1.54) is 38.5 Å². The number of hydrogen-bond donors (Lipinski definition) is 3. The Hall–Kier alpha value is -4.81. The molecule has 2 aliphatic heterocycles. The van der Waals surface area contributed by atoms with Crippen molar-refractivity contribution in [3.05, 3.63) is 113 Å². The molecular weight excluding hydrogens is 937 g/mol. The number of hydrogen-bond acceptors (Lipinski definition) is 11. The molecule has 0 aromatic heterocycles. The van der Waals surface area contributed by atoms with E-state index in [9.17, 15) is 61.3 Å². The summed E-state index contributed by atoms with van der Waals surface area (Å²) < 4.78 is 175. The molecule has 0 aliphatic carbocycles. The van der Waals surface area contributed by atoms with Gasteiger partial charge in [-0.25, -0.2) is 8.78 Å². The minimum Gasteiger partial charge on any atom is -0.420 e. The molecule has 0 amide bonds. The first-order valence-corrected chi connectivity index (χ1v) is 25.0. The lowest BCUT2D eigenvalue weighted by molar-refractivity contribution is -0.441. The van der Waals surface area contributed by atoms with Crippen molar-refractivity contribution in [2.75, 3.05) is 51.2 Å². The number of carbonyl (C=O) groups is 1. The van der Waals surface area contributed by atoms with Crippen molar-refractivity contribution in [3.8, 4) is 5.75 Å². The van der Waals surface area contributed by atoms with Gasteiger partial charge in [-0.3, -0.25) is 18.5 Å². The average Bonchev–Trinajstić information content (AvgIpc) is 3.61. The smallest absolute Gasteiger partial charge is 0.311 e. The number of carbonyl (C=O) groups excluding carboxylic acids is 1. The maximum Gasteiger partial charge on any atom is 0.311 e. The minimum atomic E-state index is -4.62. The number of benzene rings is 3. The summed E-state index contributed by atoms with van der Waals surface area (Å²) in [6.45, 7) is 4.78. The van der Waals surface area contributed by atoms with Gasteiger partial charge in [0.1, 0.15) is 6.61 Å². The van der Waals surface area contributed by atoms with Gasteiger partial charge in [0.05, 0.1) is 21.0 Å². The van der Waals surface area contributed by atoms with Crippen LogP contribution in [0.5, 0.6) is 5.75 Å². The van der Waals surface area contributed by atoms with E-state index in [1.54, 1.807) is 43.4 Å². The fraction of sp³-hybridized carbons (Fsp3) is 0.409. The summed E-state index contributed by atoms with van der Waals surface area (Å²) in [6, 6.07) is 8.35. The van der Waals surface area contributed by atoms with Gasteiger partial charge in [0.15, 0.2) is 23.9 Å². The first-order chi connectivity index (χ1) is 30.9. The van der Waals surface area contributed by atoms with E-state index in [2.05, 4.69) is 4.74 Å². The highest BCUT2D eigenvalue weighted by molar-refractivity contribution is 7.86. The lowest BCUT2D eigenvalue weighted by Crippen LogP contribution is -2.32. The molecule has 0 bridgehead atoms. The summed E-state index contributed by atoms with van der Waals surface area (Å²) in [5.41, 5.74) is 1.69. The zero-order chi connectivity index (χ0) is 48.8. The standard InChI is InChI=1S/C44H50F4N2O13S3/c1-43(19-11-25-64(52,53)54)31-26-29(65(55,56)57)16-18-36(31)50(22-24-62-4)37(43)12-7-5-8-13-38-44(2,20-23-61-3)32-27-30(66(58,59)60)15-17-35(32)49(38)21-10-6-9-14-39(51)63-42-40(47)33(45)28-34(46)41(42)48/h5,7-8,12-13,15-18,26-28H,6,9-11,14,19-25H2,1-4H3,(H2-,52,53,54,55,56,57,58,59,60)/p+1. The Kier molecular flexibility index (Phi) is 16.6. The number of nitrogens with zero attached hydrogens (tertiary/aromatic N) is 2. The highest BCUT2D eigenvalue weighted by atomic mass is 32.2. The zero-order valence-electron chi connectivity index (χ0n) is 36.5. The van der Waals surface area contributed by atoms with Gasteiger partial charge in [-0.15, -0.1) is 0 Å². The lowest BCUT2D eigenvalue weighted by atomic mass is 9.76. The van der Waals surface area contributed by atoms with Gasteiger partial charge in [-0.2, -0.15) is 38.6 Å². The third-order valence-corrected chi connectivity index (χ3v) is 14.2. The summed E-state index contributed by atoms with van der Waals surface area (Å²) in [5.74, 6) is -10.3. The highest BCUT2D eigenvalue weighted by Gasteiger charge is 2.48. The Balaban J connectivity index is 1.47. The maximum atomic E-state index is 14.1. The van der Waals surface area contributed by atoms with Crippen LogP contribution in [0.3, 0.4) is 0 Å². The number of anilines is 1. The van der Waals surface area contributed by atoms with E-state index in [-0.39, 0.29) is 54.8 Å². The normalized spacial score (nSPS) is 19.4. The predicted molar refractivity (Wildman–Crippen MR) is 235 cm³/mol. The first-order valence-electron chi connectivity index (χ1n) is 20.6. The van der Waals surface area contributed by atoms with Crippen molar-refractivity contribution in [1.82, 2.24) is 0 Å². The van der Waals surface area contributed by atoms with Gasteiger partial charge in [0.25, 0.3) is 30.4 Å². The lowest BCUT2D eigenvalue weighted by Gasteiger charge is -2.30. The molecule has 2 aliphatic rings. The molecule has 0 saturated heterocycles. The first kappa shape index (κ1) is 52.2. The molecule has 0 saturated carbocycles. The van der Waals surface area contributed by atoms with E-state index in [1.807, 2.05) is 22.5 Å². The summed E-state index contributed by atoms with van der Waals surface area (Å²) in [5, 5.41) is 0. The fourth-order valence-corrected chi connectivity index (χ4v) is 9.89. The number of esters is 1. The Morgan fingerprint density at radius 2 is 1.36 bits per heavy atom. The van der Waals surface area contributed by atoms with Crippen LogP contribution in [0.4, 0.5) is 28.9 Å². The molecule has 0 radical (unpaired) electrons. The average molecular weight is 988 g/mol. The number of rotatable bonds is 22. The molecule has 0 fully saturated rings. The Bertz CT molecular complexity index is 2790. The molecule has 360 valence electrons. The van der Waals surface area contributed by atoms with Gasteiger partial charge in [-0.05, 0) is 87.9 Å². The van der Waals surface area contributed by atoms with Crippen molar-refractivity contribution in [3.63, 3.8) is 0 Å². The van der Waals surface area contributed by atoms with Crippen LogP contribution < -0.4 is 9.64 Å². The second-order valence-electron chi connectivity index (χ2n) is 16.2. The Morgan fingerprint density at radius 1 is 0.742 bits per heavy atom. The van der Waals surface area contributed by atoms with Crippen LogP contribution in [0.1, 0.15) is 69.9 Å². The van der Waals surface area contributed by atoms with Crippen molar-refractivity contribution >= 4 is 53.4 Å². The number of unbranched alkanes of at least 4 members (excludes halogenated alkanes) is 2. The predicted octanol–water partition coefficient (Wildman–Crippen LogP) is 7.38. The van der Waals surface area contributed by atoms with Gasteiger partial charge in [-0.1, -0.05) is 24.6 Å². The Morgan fingerprint density at radius 3 is 1.97 bits per heavy atom. The molecule has 0 spiro atoms. The third kappa shape index (κ3) is 11.8. The molecule has 3 aromatic carbocycles. The molecule has 66 heavy (non-hydrogen) atoms. The summed E-state index contributed by atoms with van der Waals surface area (Å²) >= 11 is 0. The quantitative estimate of drug-likeness (QED) is 0.0131. The summed E-state index contributed by atoms with van der Waals surface area (Å²) in [7, 11) is -10.6. The van der Waals surface area contributed by atoms with Crippen molar-refractivity contribution in [2.24, 2.45) is 0 Å². The Labute approximate surface area is 381 Å². The molecule has 22 heteroatoms. The highest BCUT2D eigenvalue weighted by Crippen LogP contribution is 2.51. The van der Waals surface area contributed by atoms with Crippen LogP contribution in [0.25, 0.3) is 0 Å². The third-order valence-electron chi connectivity index (χ3n) is 11.7. The van der Waals surface area contributed by atoms with E-state index >= 15 is 0 Å². The number of ether oxygens (including phenoxy) is 3. The second-order valence-corrected chi connectivity index (χ2v) is 20.6. The monoisotopic (exact) mass is 987 g/mol.